The molecule has 0 bridgehead atoms. The largest absolute Gasteiger partial charge is 0.497 e. The van der Waals surface area contributed by atoms with Crippen LogP contribution >= 0.6 is 0 Å². The quantitative estimate of drug-likeness (QED) is 0.801. The van der Waals surface area contributed by atoms with Crippen LogP contribution in [0.25, 0.3) is 0 Å². The van der Waals surface area contributed by atoms with Gasteiger partial charge in [0.1, 0.15) is 24.7 Å². The van der Waals surface area contributed by atoms with Crippen molar-refractivity contribution >= 4 is 6.03 Å². The molecule has 2 heterocycles. The van der Waals surface area contributed by atoms with Gasteiger partial charge in [-0.1, -0.05) is 6.07 Å². The average Bonchev–Trinajstić information content (AvgIpc) is 3.28. The van der Waals surface area contributed by atoms with Crippen molar-refractivity contribution in [2.75, 3.05) is 34.0 Å². The molecule has 0 saturated carbocycles. The number of likely N-dealkylation sites (tertiary alicyclic amines) is 1. The molecule has 30 heavy (non-hydrogen) atoms. The van der Waals surface area contributed by atoms with E-state index < -0.39 is 0 Å². The van der Waals surface area contributed by atoms with Crippen molar-refractivity contribution in [1.29, 1.82) is 0 Å². The zero-order valence-electron chi connectivity index (χ0n) is 17.6. The molecule has 0 spiro atoms. The molecule has 0 aromatic heterocycles. The van der Waals surface area contributed by atoms with Gasteiger partial charge in [0.05, 0.1) is 26.3 Å². The van der Waals surface area contributed by atoms with Crippen molar-refractivity contribution in [1.82, 2.24) is 10.2 Å². The number of hydrogen-bond donors (Lipinski definition) is 1. The lowest BCUT2D eigenvalue weighted by Crippen LogP contribution is -2.40. The molecular formula is C23H28N2O5. The number of urea groups is 1. The molecule has 4 rings (SSSR count). The zero-order valence-corrected chi connectivity index (χ0v) is 17.6. The number of amides is 2. The van der Waals surface area contributed by atoms with E-state index in [1.165, 1.54) is 0 Å². The summed E-state index contributed by atoms with van der Waals surface area (Å²) in [5, 5.41) is 3.13. The van der Waals surface area contributed by atoms with E-state index in [1.807, 2.05) is 48.2 Å². The van der Waals surface area contributed by atoms with E-state index in [4.69, 9.17) is 18.9 Å². The molecule has 1 fully saturated rings. The fourth-order valence-electron chi connectivity index (χ4n) is 4.11. The summed E-state index contributed by atoms with van der Waals surface area (Å²) in [4.78, 5) is 15.0. The van der Waals surface area contributed by atoms with E-state index in [-0.39, 0.29) is 18.1 Å². The van der Waals surface area contributed by atoms with E-state index in [1.54, 1.807) is 14.2 Å². The Balaban J connectivity index is 1.49. The van der Waals surface area contributed by atoms with Gasteiger partial charge in [-0.3, -0.25) is 0 Å². The number of hydrogen-bond acceptors (Lipinski definition) is 5. The van der Waals surface area contributed by atoms with Crippen LogP contribution in [0.1, 0.15) is 43.0 Å². The van der Waals surface area contributed by atoms with E-state index >= 15 is 0 Å². The molecule has 2 unspecified atom stereocenters. The highest BCUT2D eigenvalue weighted by molar-refractivity contribution is 5.76. The third-order valence-corrected chi connectivity index (χ3v) is 5.72. The number of ether oxygens (including phenoxy) is 4. The van der Waals surface area contributed by atoms with Crippen molar-refractivity contribution in [3.63, 3.8) is 0 Å². The standard InChI is InChI=1S/C23H28N2O5/c1-15(16-6-9-20-22(13-16)30-12-11-29-20)24-23(26)25-10-4-5-19(25)18-8-7-17(27-2)14-21(18)28-3/h6-9,13-15,19H,4-5,10-12H2,1-3H3,(H,24,26). The first-order valence-corrected chi connectivity index (χ1v) is 10.3. The Bertz CT molecular complexity index is 916. The fourth-order valence-corrected chi connectivity index (χ4v) is 4.11. The van der Waals surface area contributed by atoms with Crippen LogP contribution in [-0.2, 0) is 0 Å². The molecule has 0 aliphatic carbocycles. The molecule has 2 aromatic rings. The highest BCUT2D eigenvalue weighted by atomic mass is 16.6. The van der Waals surface area contributed by atoms with Gasteiger partial charge < -0.3 is 29.2 Å². The topological polar surface area (TPSA) is 69.3 Å². The molecule has 1 N–H and O–H groups in total. The van der Waals surface area contributed by atoms with Crippen molar-refractivity contribution in [3.05, 3.63) is 47.5 Å². The van der Waals surface area contributed by atoms with Gasteiger partial charge in [-0.05, 0) is 49.6 Å². The van der Waals surface area contributed by atoms with Crippen molar-refractivity contribution in [2.45, 2.75) is 31.8 Å². The maximum atomic E-state index is 13.1. The molecule has 7 heteroatoms. The summed E-state index contributed by atoms with van der Waals surface area (Å²) < 4.78 is 22.1. The van der Waals surface area contributed by atoms with Gasteiger partial charge in [-0.15, -0.1) is 0 Å². The number of nitrogens with zero attached hydrogens (tertiary/aromatic N) is 1. The Morgan fingerprint density at radius 3 is 2.67 bits per heavy atom. The predicted octanol–water partition coefficient (Wildman–Crippen LogP) is 4.08. The number of methoxy groups -OCH3 is 2. The van der Waals surface area contributed by atoms with Crippen LogP contribution in [0.5, 0.6) is 23.0 Å². The minimum atomic E-state index is -0.160. The van der Waals surface area contributed by atoms with Crippen molar-refractivity contribution in [3.8, 4) is 23.0 Å². The molecular weight excluding hydrogens is 384 g/mol. The minimum Gasteiger partial charge on any atom is -0.497 e. The number of fused-ring (bicyclic) bond motifs is 1. The minimum absolute atomic E-state index is 0.0293. The average molecular weight is 412 g/mol. The van der Waals surface area contributed by atoms with E-state index in [2.05, 4.69) is 5.32 Å². The summed E-state index contributed by atoms with van der Waals surface area (Å²) in [6.07, 6.45) is 1.85. The number of rotatable bonds is 5. The summed E-state index contributed by atoms with van der Waals surface area (Å²) in [6.45, 7) is 3.78. The van der Waals surface area contributed by atoms with Crippen LogP contribution in [0.4, 0.5) is 4.79 Å². The van der Waals surface area contributed by atoms with Crippen LogP contribution in [-0.4, -0.2) is 44.9 Å². The van der Waals surface area contributed by atoms with E-state index in [0.717, 1.165) is 47.0 Å². The number of nitrogens with one attached hydrogen (secondary N) is 1. The van der Waals surface area contributed by atoms with Gasteiger partial charge in [0.2, 0.25) is 0 Å². The van der Waals surface area contributed by atoms with Crippen LogP contribution in [0.2, 0.25) is 0 Å². The van der Waals surface area contributed by atoms with Gasteiger partial charge in [0, 0.05) is 18.2 Å². The number of benzene rings is 2. The van der Waals surface area contributed by atoms with Crippen LogP contribution in [0, 0.1) is 0 Å². The first-order valence-electron chi connectivity index (χ1n) is 10.3. The molecule has 2 amide bonds. The van der Waals surface area contributed by atoms with Gasteiger partial charge in [0.25, 0.3) is 0 Å². The lowest BCUT2D eigenvalue weighted by Gasteiger charge is -2.28. The molecule has 160 valence electrons. The van der Waals surface area contributed by atoms with Crippen LogP contribution in [0.15, 0.2) is 36.4 Å². The summed E-state index contributed by atoms with van der Waals surface area (Å²) in [5.74, 6) is 2.94. The highest BCUT2D eigenvalue weighted by Gasteiger charge is 2.32. The Hall–Kier alpha value is -3.09. The molecule has 2 atom stereocenters. The lowest BCUT2D eigenvalue weighted by molar-refractivity contribution is 0.171. The highest BCUT2D eigenvalue weighted by Crippen LogP contribution is 2.39. The Labute approximate surface area is 176 Å². The third kappa shape index (κ3) is 3.97. The van der Waals surface area contributed by atoms with Gasteiger partial charge in [-0.25, -0.2) is 4.79 Å². The SMILES string of the molecule is COc1ccc(C2CCCN2C(=O)NC(C)c2ccc3c(c2)OCCO3)c(OC)c1. The Morgan fingerprint density at radius 1 is 1.10 bits per heavy atom. The second-order valence-electron chi connectivity index (χ2n) is 7.53. The first-order chi connectivity index (χ1) is 14.6. The summed E-state index contributed by atoms with van der Waals surface area (Å²) in [7, 11) is 3.27. The zero-order chi connectivity index (χ0) is 21.1. The summed E-state index contributed by atoms with van der Waals surface area (Å²) in [6, 6.07) is 11.3. The first kappa shape index (κ1) is 20.2. The maximum Gasteiger partial charge on any atom is 0.318 e. The second-order valence-corrected chi connectivity index (χ2v) is 7.53. The molecule has 0 radical (unpaired) electrons. The van der Waals surface area contributed by atoms with E-state index in [0.29, 0.717) is 19.8 Å². The second kappa shape index (κ2) is 8.73. The monoisotopic (exact) mass is 412 g/mol. The molecule has 1 saturated heterocycles. The smallest absolute Gasteiger partial charge is 0.318 e. The maximum absolute atomic E-state index is 13.1. The van der Waals surface area contributed by atoms with Gasteiger partial charge >= 0.3 is 6.03 Å². The number of carbonyl (C=O) groups is 1. The predicted molar refractivity (Wildman–Crippen MR) is 113 cm³/mol. The number of carbonyl (C=O) groups excluding carboxylic acids is 1. The van der Waals surface area contributed by atoms with Crippen molar-refractivity contribution in [2.24, 2.45) is 0 Å². The van der Waals surface area contributed by atoms with Crippen molar-refractivity contribution < 1.29 is 23.7 Å². The summed E-state index contributed by atoms with van der Waals surface area (Å²) in [5.41, 5.74) is 1.98. The third-order valence-electron chi connectivity index (χ3n) is 5.72. The Morgan fingerprint density at radius 2 is 1.90 bits per heavy atom. The molecule has 2 aromatic carbocycles. The van der Waals surface area contributed by atoms with E-state index in [9.17, 15) is 4.79 Å². The molecule has 2 aliphatic heterocycles. The van der Waals surface area contributed by atoms with Gasteiger partial charge in [0.15, 0.2) is 11.5 Å². The van der Waals surface area contributed by atoms with Crippen LogP contribution < -0.4 is 24.3 Å². The lowest BCUT2D eigenvalue weighted by atomic mass is 10.0. The van der Waals surface area contributed by atoms with Crippen LogP contribution in [0.3, 0.4) is 0 Å². The fraction of sp³-hybridized carbons (Fsp3) is 0.435. The molecule has 2 aliphatic rings. The summed E-state index contributed by atoms with van der Waals surface area (Å²) >= 11 is 0. The normalized spacial score (nSPS) is 18.6. The van der Waals surface area contributed by atoms with Gasteiger partial charge in [-0.2, -0.15) is 0 Å². The Kier molecular flexibility index (Phi) is 5.88. The molecule has 7 nitrogen and oxygen atoms in total.